The highest BCUT2D eigenvalue weighted by Gasteiger charge is 2.18. The smallest absolute Gasteiger partial charge is 0.224 e. The first-order chi connectivity index (χ1) is 10.1. The van der Waals surface area contributed by atoms with Crippen LogP contribution in [0.5, 0.6) is 0 Å². The Hall–Kier alpha value is -1.55. The molecule has 2 rings (SSSR count). The van der Waals surface area contributed by atoms with Gasteiger partial charge in [-0.15, -0.1) is 0 Å². The molecule has 21 heavy (non-hydrogen) atoms. The average Bonchev–Trinajstić information content (AvgIpc) is 2.46. The van der Waals surface area contributed by atoms with Crippen molar-refractivity contribution in [3.8, 4) is 0 Å². The van der Waals surface area contributed by atoms with Crippen molar-refractivity contribution in [2.75, 3.05) is 30.4 Å². The van der Waals surface area contributed by atoms with Gasteiger partial charge in [-0.3, -0.25) is 4.79 Å². The summed E-state index contributed by atoms with van der Waals surface area (Å²) in [7, 11) is 2.14. The van der Waals surface area contributed by atoms with Gasteiger partial charge in [-0.25, -0.2) is 0 Å². The molecule has 0 saturated carbocycles. The number of amides is 1. The van der Waals surface area contributed by atoms with Crippen LogP contribution in [0.4, 0.5) is 11.4 Å². The van der Waals surface area contributed by atoms with Crippen LogP contribution in [-0.4, -0.2) is 32.1 Å². The van der Waals surface area contributed by atoms with Crippen molar-refractivity contribution in [2.45, 2.75) is 39.2 Å². The second kappa shape index (κ2) is 7.46. The van der Waals surface area contributed by atoms with Crippen LogP contribution in [0.1, 0.15) is 33.1 Å². The topological polar surface area (TPSA) is 44.4 Å². The van der Waals surface area contributed by atoms with E-state index in [2.05, 4.69) is 48.6 Å². The molecule has 1 heterocycles. The maximum absolute atomic E-state index is 11.9. The zero-order chi connectivity index (χ0) is 15.2. The number of carbonyl (C=O) groups is 1. The lowest BCUT2D eigenvalue weighted by Crippen LogP contribution is -2.41. The van der Waals surface area contributed by atoms with E-state index in [4.69, 9.17) is 0 Å². The number of benzene rings is 1. The highest BCUT2D eigenvalue weighted by molar-refractivity contribution is 5.91. The molecule has 0 spiro atoms. The Kier molecular flexibility index (Phi) is 5.62. The first-order valence-corrected chi connectivity index (χ1v) is 7.89. The van der Waals surface area contributed by atoms with E-state index in [1.807, 2.05) is 12.1 Å². The van der Waals surface area contributed by atoms with Gasteiger partial charge < -0.3 is 15.5 Å². The molecule has 0 unspecified atom stereocenters. The monoisotopic (exact) mass is 289 g/mol. The predicted octanol–water partition coefficient (Wildman–Crippen LogP) is 2.86. The summed E-state index contributed by atoms with van der Waals surface area (Å²) < 4.78 is 0. The molecule has 0 aliphatic carbocycles. The first kappa shape index (κ1) is 15.8. The Morgan fingerprint density at radius 1 is 1.38 bits per heavy atom. The molecule has 0 bridgehead atoms. The Morgan fingerprint density at radius 3 is 2.76 bits per heavy atom. The summed E-state index contributed by atoms with van der Waals surface area (Å²) >= 11 is 0. The van der Waals surface area contributed by atoms with Gasteiger partial charge in [-0.05, 0) is 50.0 Å². The van der Waals surface area contributed by atoms with Crippen molar-refractivity contribution in [1.29, 1.82) is 0 Å². The fourth-order valence-electron chi connectivity index (χ4n) is 2.79. The number of nitrogens with zero attached hydrogens (tertiary/aromatic N) is 1. The van der Waals surface area contributed by atoms with Crippen molar-refractivity contribution >= 4 is 17.3 Å². The highest BCUT2D eigenvalue weighted by Crippen LogP contribution is 2.23. The normalized spacial score (nSPS) is 16.0. The number of carbonyl (C=O) groups excluding carboxylic acids is 1. The van der Waals surface area contributed by atoms with Gasteiger partial charge in [-0.2, -0.15) is 0 Å². The van der Waals surface area contributed by atoms with Crippen LogP contribution in [0.3, 0.4) is 0 Å². The van der Waals surface area contributed by atoms with Gasteiger partial charge in [0.2, 0.25) is 5.91 Å². The summed E-state index contributed by atoms with van der Waals surface area (Å²) in [5.74, 6) is 0.470. The highest BCUT2D eigenvalue weighted by atomic mass is 16.1. The summed E-state index contributed by atoms with van der Waals surface area (Å²) in [5, 5.41) is 6.39. The van der Waals surface area contributed by atoms with Crippen LogP contribution in [0, 0.1) is 5.92 Å². The fraction of sp³-hybridized carbons (Fsp3) is 0.588. The molecule has 0 radical (unpaired) electrons. The minimum atomic E-state index is 0.0895. The van der Waals surface area contributed by atoms with Gasteiger partial charge in [0, 0.05) is 30.9 Å². The van der Waals surface area contributed by atoms with Crippen molar-refractivity contribution < 1.29 is 4.79 Å². The summed E-state index contributed by atoms with van der Waals surface area (Å²) in [6.45, 7) is 6.28. The van der Waals surface area contributed by atoms with E-state index in [0.29, 0.717) is 18.4 Å². The molecule has 1 amide bonds. The third kappa shape index (κ3) is 4.74. The van der Waals surface area contributed by atoms with Gasteiger partial charge in [0.05, 0.1) is 0 Å². The summed E-state index contributed by atoms with van der Waals surface area (Å²) in [6, 6.07) is 8.73. The number of nitrogens with one attached hydrogen (secondary N) is 2. The third-order valence-corrected chi connectivity index (χ3v) is 3.99. The second-order valence-corrected chi connectivity index (χ2v) is 6.29. The summed E-state index contributed by atoms with van der Waals surface area (Å²) in [5.41, 5.74) is 2.06. The molecule has 1 aromatic rings. The molecule has 0 atom stereocenters. The summed E-state index contributed by atoms with van der Waals surface area (Å²) in [6.07, 6.45) is 2.90. The Balaban J connectivity index is 2.01. The van der Waals surface area contributed by atoms with E-state index < -0.39 is 0 Å². The molecule has 1 aromatic carbocycles. The number of hydrogen-bond donors (Lipinski definition) is 2. The molecule has 116 valence electrons. The van der Waals surface area contributed by atoms with Crippen molar-refractivity contribution in [3.05, 3.63) is 24.3 Å². The molecule has 1 aliphatic rings. The van der Waals surface area contributed by atoms with Gasteiger partial charge in [0.25, 0.3) is 0 Å². The third-order valence-electron chi connectivity index (χ3n) is 3.99. The van der Waals surface area contributed by atoms with Crippen LogP contribution in [0.15, 0.2) is 24.3 Å². The quantitative estimate of drug-likeness (QED) is 0.876. The Labute approximate surface area is 127 Å². The average molecular weight is 289 g/mol. The van der Waals surface area contributed by atoms with E-state index in [1.54, 1.807) is 0 Å². The maximum atomic E-state index is 11.9. The second-order valence-electron chi connectivity index (χ2n) is 6.29. The van der Waals surface area contributed by atoms with Crippen molar-refractivity contribution in [1.82, 2.24) is 5.32 Å². The first-order valence-electron chi connectivity index (χ1n) is 7.89. The maximum Gasteiger partial charge on any atom is 0.224 e. The fourth-order valence-corrected chi connectivity index (χ4v) is 2.79. The molecule has 1 aliphatic heterocycles. The molecule has 0 aromatic heterocycles. The van der Waals surface area contributed by atoms with Crippen LogP contribution in [-0.2, 0) is 4.79 Å². The number of hydrogen-bond acceptors (Lipinski definition) is 3. The van der Waals surface area contributed by atoms with Crippen LogP contribution >= 0.6 is 0 Å². The van der Waals surface area contributed by atoms with Gasteiger partial charge in [0.15, 0.2) is 0 Å². The minimum absolute atomic E-state index is 0.0895. The van der Waals surface area contributed by atoms with E-state index in [-0.39, 0.29) is 5.91 Å². The largest absolute Gasteiger partial charge is 0.371 e. The lowest BCUT2D eigenvalue weighted by Gasteiger charge is -2.33. The predicted molar refractivity (Wildman–Crippen MR) is 88.8 cm³/mol. The molecule has 4 heteroatoms. The van der Waals surface area contributed by atoms with E-state index in [0.717, 1.165) is 18.8 Å². The summed E-state index contributed by atoms with van der Waals surface area (Å²) in [4.78, 5) is 14.2. The molecular formula is C17H27N3O. The molecular weight excluding hydrogens is 262 g/mol. The van der Waals surface area contributed by atoms with Crippen LogP contribution in [0.25, 0.3) is 0 Å². The zero-order valence-corrected chi connectivity index (χ0v) is 13.4. The van der Waals surface area contributed by atoms with Crippen LogP contribution in [0.2, 0.25) is 0 Å². The van der Waals surface area contributed by atoms with Crippen molar-refractivity contribution in [3.63, 3.8) is 0 Å². The van der Waals surface area contributed by atoms with Gasteiger partial charge in [-0.1, -0.05) is 19.9 Å². The lowest BCUT2D eigenvalue weighted by molar-refractivity contribution is -0.116. The number of piperidine rings is 1. The molecule has 2 N–H and O–H groups in total. The van der Waals surface area contributed by atoms with Crippen molar-refractivity contribution in [2.24, 2.45) is 5.92 Å². The number of rotatable bonds is 5. The number of anilines is 2. The van der Waals surface area contributed by atoms with E-state index >= 15 is 0 Å². The SMILES string of the molecule is CC(C)CC(=O)Nc1cccc(N(C)C2CCNCC2)c1. The Bertz CT molecular complexity index is 467. The molecule has 1 fully saturated rings. The van der Waals surface area contributed by atoms with Crippen LogP contribution < -0.4 is 15.5 Å². The van der Waals surface area contributed by atoms with Gasteiger partial charge >= 0.3 is 0 Å². The minimum Gasteiger partial charge on any atom is -0.371 e. The van der Waals surface area contributed by atoms with E-state index in [1.165, 1.54) is 18.5 Å². The molecule has 1 saturated heterocycles. The standard InChI is InChI=1S/C17H27N3O/c1-13(2)11-17(21)19-14-5-4-6-16(12-14)20(3)15-7-9-18-10-8-15/h4-6,12-13,15,18H,7-11H2,1-3H3,(H,19,21). The Morgan fingerprint density at radius 2 is 2.10 bits per heavy atom. The lowest BCUT2D eigenvalue weighted by atomic mass is 10.0. The zero-order valence-electron chi connectivity index (χ0n) is 13.4. The van der Waals surface area contributed by atoms with E-state index in [9.17, 15) is 4.79 Å². The van der Waals surface area contributed by atoms with Gasteiger partial charge in [0.1, 0.15) is 0 Å². The molecule has 4 nitrogen and oxygen atoms in total.